The lowest BCUT2D eigenvalue weighted by Crippen LogP contribution is -2.34. The zero-order chi connectivity index (χ0) is 24.6. The second kappa shape index (κ2) is 11.4. The Labute approximate surface area is 192 Å². The maximum Gasteiger partial charge on any atom is 0.416 e. The van der Waals surface area contributed by atoms with Crippen LogP contribution in [0.1, 0.15) is 29.5 Å². The second-order valence-corrected chi connectivity index (χ2v) is 7.69. The Morgan fingerprint density at radius 1 is 1.30 bits per heavy atom. The molecule has 0 radical (unpaired) electrons. The molecule has 0 bridgehead atoms. The number of nitriles is 1. The molecule has 2 aromatic rings. The Balaban J connectivity index is 2.29. The molecule has 0 saturated heterocycles. The molecule has 0 unspecified atom stereocenters. The van der Waals surface area contributed by atoms with E-state index >= 15 is 0 Å². The fourth-order valence-electron chi connectivity index (χ4n) is 2.99. The van der Waals surface area contributed by atoms with Crippen molar-refractivity contribution < 1.29 is 22.8 Å². The predicted octanol–water partition coefficient (Wildman–Crippen LogP) is 2.71. The van der Waals surface area contributed by atoms with E-state index in [1.165, 1.54) is 23.9 Å². The van der Waals surface area contributed by atoms with Crippen LogP contribution in [-0.2, 0) is 17.4 Å². The van der Waals surface area contributed by atoms with Crippen LogP contribution >= 0.6 is 11.8 Å². The number of thioether (sulfide) groups is 1. The van der Waals surface area contributed by atoms with Gasteiger partial charge in [-0.15, -0.1) is 11.8 Å². The van der Waals surface area contributed by atoms with E-state index in [1.807, 2.05) is 6.07 Å². The lowest BCUT2D eigenvalue weighted by atomic mass is 9.98. The highest BCUT2D eigenvalue weighted by atomic mass is 32.2. The van der Waals surface area contributed by atoms with Crippen LogP contribution in [-0.4, -0.2) is 40.6 Å². The van der Waals surface area contributed by atoms with Crippen LogP contribution in [0.3, 0.4) is 0 Å². The summed E-state index contributed by atoms with van der Waals surface area (Å²) in [6, 6.07) is 4.81. The average molecular weight is 482 g/mol. The smallest absolute Gasteiger partial charge is 0.368 e. The number of nitrogen functional groups attached to an aromatic ring is 1. The molecule has 1 heterocycles. The Kier molecular flexibility index (Phi) is 8.86. The lowest BCUT2D eigenvalue weighted by molar-refractivity contribution is -0.137. The zero-order valence-corrected chi connectivity index (χ0v) is 18.4. The third-order valence-corrected chi connectivity index (χ3v) is 5.18. The van der Waals surface area contributed by atoms with Gasteiger partial charge in [0.25, 0.3) is 0 Å². The minimum Gasteiger partial charge on any atom is -0.368 e. The number of hydrogen-bond donors (Lipinski definition) is 4. The molecule has 9 nitrogen and oxygen atoms in total. The quantitative estimate of drug-likeness (QED) is 0.229. The molecule has 33 heavy (non-hydrogen) atoms. The molecule has 176 valence electrons. The van der Waals surface area contributed by atoms with Crippen LogP contribution in [0.5, 0.6) is 0 Å². The van der Waals surface area contributed by atoms with Crippen molar-refractivity contribution in [3.63, 3.8) is 0 Å². The SMILES string of the molecule is CSc1nc(N)nc(N[C@@H](CCCNC(N)=O)C(=O)Cc2cccc(C(F)(F)F)c2)c1C#N. The summed E-state index contributed by atoms with van der Waals surface area (Å²) in [5, 5.41) is 15.1. The zero-order valence-electron chi connectivity index (χ0n) is 17.6. The average Bonchev–Trinajstić information content (AvgIpc) is 2.74. The van der Waals surface area contributed by atoms with E-state index < -0.39 is 29.6 Å². The number of ketones is 1. The third kappa shape index (κ3) is 7.53. The summed E-state index contributed by atoms with van der Waals surface area (Å²) in [4.78, 5) is 31.9. The number of nitrogens with zero attached hydrogens (tertiary/aromatic N) is 3. The number of primary amides is 1. The minimum absolute atomic E-state index is 0.0413. The number of amides is 2. The summed E-state index contributed by atoms with van der Waals surface area (Å²) in [6.45, 7) is 0.178. The molecular formula is C20H22F3N7O2S. The van der Waals surface area contributed by atoms with E-state index in [0.29, 0.717) is 11.4 Å². The normalized spacial score (nSPS) is 12.0. The number of rotatable bonds is 10. The predicted molar refractivity (Wildman–Crippen MR) is 117 cm³/mol. The minimum atomic E-state index is -4.54. The first-order valence-corrected chi connectivity index (χ1v) is 10.9. The van der Waals surface area contributed by atoms with Gasteiger partial charge in [0.05, 0.1) is 11.6 Å². The first-order valence-electron chi connectivity index (χ1n) is 9.65. The Morgan fingerprint density at radius 2 is 2.03 bits per heavy atom. The van der Waals surface area contributed by atoms with Crippen molar-refractivity contribution in [2.24, 2.45) is 5.73 Å². The summed E-state index contributed by atoms with van der Waals surface area (Å²) in [5.74, 6) is -0.500. The van der Waals surface area contributed by atoms with E-state index in [-0.39, 0.29) is 42.3 Å². The van der Waals surface area contributed by atoms with Gasteiger partial charge in [0.2, 0.25) is 5.95 Å². The van der Waals surface area contributed by atoms with Gasteiger partial charge >= 0.3 is 12.2 Å². The van der Waals surface area contributed by atoms with Crippen molar-refractivity contribution in [3.05, 3.63) is 41.0 Å². The van der Waals surface area contributed by atoms with E-state index in [2.05, 4.69) is 20.6 Å². The third-order valence-electron chi connectivity index (χ3n) is 4.50. The van der Waals surface area contributed by atoms with Crippen LogP contribution in [0.4, 0.5) is 29.7 Å². The molecule has 0 aliphatic heterocycles. The first-order chi connectivity index (χ1) is 15.5. The van der Waals surface area contributed by atoms with Gasteiger partial charge in [-0.1, -0.05) is 18.2 Å². The molecule has 2 amide bonds. The standard InChI is InChI=1S/C20H22F3N7O2S/c1-33-17-13(10-24)16(29-18(25)30-17)28-14(6-3-7-27-19(26)32)15(31)9-11-4-2-5-12(8-11)20(21,22)23/h2,4-5,8,14H,3,6-7,9H2,1H3,(H3,26,27,32)(H3,25,28,29,30)/t14-/m0/s1. The number of carbonyl (C=O) groups excluding carboxylic acids is 2. The molecule has 0 spiro atoms. The van der Waals surface area contributed by atoms with Crippen LogP contribution in [0.2, 0.25) is 0 Å². The summed E-state index contributed by atoms with van der Waals surface area (Å²) in [7, 11) is 0. The van der Waals surface area contributed by atoms with E-state index in [0.717, 1.165) is 12.1 Å². The fraction of sp³-hybridized carbons (Fsp3) is 0.350. The maximum absolute atomic E-state index is 13.0. The van der Waals surface area contributed by atoms with Crippen molar-refractivity contribution in [3.8, 4) is 6.07 Å². The van der Waals surface area contributed by atoms with Crippen LogP contribution < -0.4 is 22.1 Å². The van der Waals surface area contributed by atoms with Crippen LogP contribution in [0.15, 0.2) is 29.3 Å². The van der Waals surface area contributed by atoms with Crippen molar-refractivity contribution in [2.45, 2.75) is 36.5 Å². The molecule has 0 saturated carbocycles. The highest BCUT2D eigenvalue weighted by Gasteiger charge is 2.31. The summed E-state index contributed by atoms with van der Waals surface area (Å²) >= 11 is 1.17. The lowest BCUT2D eigenvalue weighted by Gasteiger charge is -2.20. The molecule has 1 atom stereocenters. The van der Waals surface area contributed by atoms with Gasteiger partial charge in [0.1, 0.15) is 16.7 Å². The number of anilines is 2. The maximum atomic E-state index is 13.0. The van der Waals surface area contributed by atoms with Crippen molar-refractivity contribution in [2.75, 3.05) is 23.9 Å². The van der Waals surface area contributed by atoms with Gasteiger partial charge in [0, 0.05) is 13.0 Å². The first kappa shape index (κ1) is 25.7. The molecule has 0 aliphatic carbocycles. The van der Waals surface area contributed by atoms with Crippen molar-refractivity contribution >= 4 is 35.3 Å². The summed E-state index contributed by atoms with van der Waals surface area (Å²) in [5.41, 5.74) is 10.2. The van der Waals surface area contributed by atoms with Crippen molar-refractivity contribution in [1.29, 1.82) is 5.26 Å². The molecule has 2 rings (SSSR count). The van der Waals surface area contributed by atoms with Crippen LogP contribution in [0.25, 0.3) is 0 Å². The number of nitrogens with two attached hydrogens (primary N) is 2. The highest BCUT2D eigenvalue weighted by Crippen LogP contribution is 2.30. The number of Topliss-reactive ketones (excluding diaryl/α,β-unsaturated/α-hetero) is 1. The number of urea groups is 1. The van der Waals surface area contributed by atoms with Gasteiger partial charge in [-0.25, -0.2) is 9.78 Å². The number of alkyl halides is 3. The fourth-order valence-corrected chi connectivity index (χ4v) is 3.52. The number of benzene rings is 1. The Bertz CT molecular complexity index is 1060. The number of aromatic nitrogens is 2. The molecular weight excluding hydrogens is 459 g/mol. The topological polar surface area (TPSA) is 160 Å². The molecule has 13 heteroatoms. The molecule has 6 N–H and O–H groups in total. The Morgan fingerprint density at radius 3 is 2.64 bits per heavy atom. The molecule has 0 fully saturated rings. The highest BCUT2D eigenvalue weighted by molar-refractivity contribution is 7.98. The number of carbonyl (C=O) groups is 2. The van der Waals surface area contributed by atoms with E-state index in [4.69, 9.17) is 11.5 Å². The summed E-state index contributed by atoms with van der Waals surface area (Å²) in [6.07, 6.45) is -2.62. The molecule has 1 aromatic carbocycles. The van der Waals surface area contributed by atoms with Gasteiger partial charge in [-0.3, -0.25) is 4.79 Å². The second-order valence-electron chi connectivity index (χ2n) is 6.90. The van der Waals surface area contributed by atoms with E-state index in [9.17, 15) is 28.0 Å². The van der Waals surface area contributed by atoms with Gasteiger partial charge in [0.15, 0.2) is 11.6 Å². The van der Waals surface area contributed by atoms with Crippen LogP contribution in [0, 0.1) is 11.3 Å². The Hall–Kier alpha value is -3.53. The monoisotopic (exact) mass is 481 g/mol. The van der Waals surface area contributed by atoms with E-state index in [1.54, 1.807) is 6.26 Å². The van der Waals surface area contributed by atoms with Gasteiger partial charge in [-0.2, -0.15) is 23.4 Å². The molecule has 0 aliphatic rings. The number of nitrogens with one attached hydrogen (secondary N) is 2. The van der Waals surface area contributed by atoms with Gasteiger partial charge < -0.3 is 22.1 Å². The number of halogens is 3. The molecule has 1 aromatic heterocycles. The summed E-state index contributed by atoms with van der Waals surface area (Å²) < 4.78 is 39.0. The van der Waals surface area contributed by atoms with Gasteiger partial charge in [-0.05, 0) is 30.7 Å². The number of hydrogen-bond acceptors (Lipinski definition) is 8. The largest absolute Gasteiger partial charge is 0.416 e. The van der Waals surface area contributed by atoms with Crippen molar-refractivity contribution in [1.82, 2.24) is 15.3 Å².